The highest BCUT2D eigenvalue weighted by Gasteiger charge is 2.26. The normalized spacial score (nSPS) is 18.2. The van der Waals surface area contributed by atoms with Crippen LogP contribution in [0.15, 0.2) is 24.3 Å². The van der Waals surface area contributed by atoms with Crippen LogP contribution in [-0.2, 0) is 4.79 Å². The molecule has 1 aromatic carbocycles. The lowest BCUT2D eigenvalue weighted by atomic mass is 10.0. The van der Waals surface area contributed by atoms with Gasteiger partial charge in [0, 0.05) is 12.1 Å². The summed E-state index contributed by atoms with van der Waals surface area (Å²) < 4.78 is 5.48. The van der Waals surface area contributed by atoms with Gasteiger partial charge in [0.25, 0.3) is 0 Å². The van der Waals surface area contributed by atoms with Crippen LogP contribution in [0.1, 0.15) is 31.4 Å². The maximum Gasteiger partial charge on any atom is 0.236 e. The van der Waals surface area contributed by atoms with E-state index in [1.54, 1.807) is 14.0 Å². The Morgan fingerprint density at radius 2 is 2.05 bits per heavy atom. The third-order valence-corrected chi connectivity index (χ3v) is 3.96. The highest BCUT2D eigenvalue weighted by Crippen LogP contribution is 2.31. The second-order valence-corrected chi connectivity index (χ2v) is 5.53. The Morgan fingerprint density at radius 3 is 2.67 bits per heavy atom. The molecule has 0 bridgehead atoms. The first-order chi connectivity index (χ1) is 10.1. The monoisotopic (exact) mass is 291 g/mol. The fourth-order valence-corrected chi connectivity index (χ4v) is 2.79. The van der Waals surface area contributed by atoms with E-state index < -0.39 is 6.04 Å². The third kappa shape index (κ3) is 3.95. The van der Waals surface area contributed by atoms with Gasteiger partial charge in [-0.15, -0.1) is 0 Å². The SMILES string of the molecule is COc1ccccc1C(CNC(=O)C(C)N)N1CCCC1. The van der Waals surface area contributed by atoms with Crippen molar-refractivity contribution in [2.45, 2.75) is 31.8 Å². The average molecular weight is 291 g/mol. The van der Waals surface area contributed by atoms with Gasteiger partial charge in [0.15, 0.2) is 0 Å². The van der Waals surface area contributed by atoms with Gasteiger partial charge in [-0.1, -0.05) is 18.2 Å². The molecule has 2 rings (SSSR count). The molecule has 1 heterocycles. The van der Waals surface area contributed by atoms with Crippen molar-refractivity contribution < 1.29 is 9.53 Å². The molecule has 1 aliphatic rings. The van der Waals surface area contributed by atoms with Gasteiger partial charge in [-0.25, -0.2) is 0 Å². The minimum absolute atomic E-state index is 0.117. The molecule has 116 valence electrons. The van der Waals surface area contributed by atoms with Crippen molar-refractivity contribution in [3.8, 4) is 5.75 Å². The summed E-state index contributed by atoms with van der Waals surface area (Å²) in [6.45, 7) is 4.36. The molecule has 1 fully saturated rings. The maximum atomic E-state index is 11.8. The summed E-state index contributed by atoms with van der Waals surface area (Å²) in [4.78, 5) is 14.2. The van der Waals surface area contributed by atoms with Gasteiger partial charge in [-0.05, 0) is 38.9 Å². The first kappa shape index (κ1) is 15.8. The number of hydrogen-bond acceptors (Lipinski definition) is 4. The van der Waals surface area contributed by atoms with Crippen molar-refractivity contribution in [1.29, 1.82) is 0 Å². The van der Waals surface area contributed by atoms with Crippen LogP contribution in [0.4, 0.5) is 0 Å². The highest BCUT2D eigenvalue weighted by molar-refractivity contribution is 5.81. The van der Waals surface area contributed by atoms with Crippen LogP contribution >= 0.6 is 0 Å². The van der Waals surface area contributed by atoms with Gasteiger partial charge in [0.2, 0.25) is 5.91 Å². The molecule has 0 radical (unpaired) electrons. The average Bonchev–Trinajstić information content (AvgIpc) is 3.01. The van der Waals surface area contributed by atoms with Crippen molar-refractivity contribution >= 4 is 5.91 Å². The Hall–Kier alpha value is -1.59. The summed E-state index contributed by atoms with van der Waals surface area (Å²) in [5.74, 6) is 0.749. The molecule has 2 atom stereocenters. The van der Waals surface area contributed by atoms with Gasteiger partial charge in [0.05, 0.1) is 19.2 Å². The molecule has 3 N–H and O–H groups in total. The molecule has 1 aliphatic heterocycles. The number of carbonyl (C=O) groups is 1. The van der Waals surface area contributed by atoms with Crippen molar-refractivity contribution in [3.63, 3.8) is 0 Å². The number of carbonyl (C=O) groups excluding carboxylic acids is 1. The van der Waals surface area contributed by atoms with E-state index in [1.165, 1.54) is 12.8 Å². The lowest BCUT2D eigenvalue weighted by Crippen LogP contribution is -2.43. The Morgan fingerprint density at radius 1 is 1.38 bits per heavy atom. The maximum absolute atomic E-state index is 11.8. The Balaban J connectivity index is 2.17. The van der Waals surface area contributed by atoms with E-state index in [0.717, 1.165) is 24.4 Å². The van der Waals surface area contributed by atoms with Crippen molar-refractivity contribution in [2.24, 2.45) is 5.73 Å². The van der Waals surface area contributed by atoms with Crippen molar-refractivity contribution in [3.05, 3.63) is 29.8 Å². The number of nitrogens with zero attached hydrogens (tertiary/aromatic N) is 1. The van der Waals surface area contributed by atoms with E-state index in [-0.39, 0.29) is 11.9 Å². The number of methoxy groups -OCH3 is 1. The zero-order valence-corrected chi connectivity index (χ0v) is 12.8. The molecule has 0 aromatic heterocycles. The molecule has 2 unspecified atom stereocenters. The molecule has 0 saturated carbocycles. The summed E-state index contributed by atoms with van der Waals surface area (Å²) in [5.41, 5.74) is 6.74. The van der Waals surface area contributed by atoms with Gasteiger partial charge < -0.3 is 15.8 Å². The van der Waals surface area contributed by atoms with E-state index in [2.05, 4.69) is 16.3 Å². The smallest absolute Gasteiger partial charge is 0.236 e. The summed E-state index contributed by atoms with van der Waals surface area (Å²) in [6.07, 6.45) is 2.40. The number of hydrogen-bond donors (Lipinski definition) is 2. The number of amides is 1. The van der Waals surface area contributed by atoms with Crippen LogP contribution in [0.3, 0.4) is 0 Å². The van der Waals surface area contributed by atoms with Crippen LogP contribution in [0, 0.1) is 0 Å². The van der Waals surface area contributed by atoms with E-state index in [9.17, 15) is 4.79 Å². The molecular weight excluding hydrogens is 266 g/mol. The standard InChI is InChI=1S/C16H25N3O2/c1-12(17)16(20)18-11-14(19-9-5-6-10-19)13-7-3-4-8-15(13)21-2/h3-4,7-8,12,14H,5-6,9-11,17H2,1-2H3,(H,18,20). The van der Waals surface area contributed by atoms with Crippen molar-refractivity contribution in [1.82, 2.24) is 10.2 Å². The first-order valence-electron chi connectivity index (χ1n) is 7.53. The number of likely N-dealkylation sites (tertiary alicyclic amines) is 1. The van der Waals surface area contributed by atoms with Crippen LogP contribution in [0.2, 0.25) is 0 Å². The number of ether oxygens (including phenoxy) is 1. The molecule has 0 spiro atoms. The second-order valence-electron chi connectivity index (χ2n) is 5.53. The highest BCUT2D eigenvalue weighted by atomic mass is 16.5. The molecule has 1 amide bonds. The van der Waals surface area contributed by atoms with Crippen LogP contribution in [0.5, 0.6) is 5.75 Å². The van der Waals surface area contributed by atoms with E-state index >= 15 is 0 Å². The third-order valence-electron chi connectivity index (χ3n) is 3.96. The van der Waals surface area contributed by atoms with Gasteiger partial charge in [0.1, 0.15) is 5.75 Å². The first-order valence-corrected chi connectivity index (χ1v) is 7.53. The molecular formula is C16H25N3O2. The Labute approximate surface area is 126 Å². The fourth-order valence-electron chi connectivity index (χ4n) is 2.79. The molecule has 5 nitrogen and oxygen atoms in total. The minimum Gasteiger partial charge on any atom is -0.496 e. The van der Waals surface area contributed by atoms with Crippen LogP contribution in [-0.4, -0.2) is 43.6 Å². The van der Waals surface area contributed by atoms with Gasteiger partial charge in [-0.2, -0.15) is 0 Å². The van der Waals surface area contributed by atoms with Crippen molar-refractivity contribution in [2.75, 3.05) is 26.7 Å². The molecule has 0 aliphatic carbocycles. The van der Waals surface area contributed by atoms with Crippen LogP contribution < -0.4 is 15.8 Å². The summed E-state index contributed by atoms with van der Waals surface area (Å²) in [7, 11) is 1.68. The molecule has 1 aromatic rings. The van der Waals surface area contributed by atoms with E-state index in [4.69, 9.17) is 10.5 Å². The largest absolute Gasteiger partial charge is 0.496 e. The fraction of sp³-hybridized carbons (Fsp3) is 0.562. The zero-order chi connectivity index (χ0) is 15.2. The Bertz CT molecular complexity index is 470. The minimum atomic E-state index is -0.484. The summed E-state index contributed by atoms with van der Waals surface area (Å²) in [6, 6.07) is 7.65. The predicted molar refractivity (Wildman–Crippen MR) is 83.2 cm³/mol. The zero-order valence-electron chi connectivity index (χ0n) is 12.8. The molecule has 1 saturated heterocycles. The number of nitrogens with two attached hydrogens (primary N) is 1. The number of rotatable bonds is 6. The number of para-hydroxylation sites is 1. The van der Waals surface area contributed by atoms with Crippen LogP contribution in [0.25, 0.3) is 0 Å². The molecule has 5 heteroatoms. The summed E-state index contributed by atoms with van der Waals surface area (Å²) in [5, 5.41) is 2.95. The number of benzene rings is 1. The quantitative estimate of drug-likeness (QED) is 0.829. The lowest BCUT2D eigenvalue weighted by Gasteiger charge is -2.29. The Kier molecular flexibility index (Phi) is 5.59. The van der Waals surface area contributed by atoms with Gasteiger partial charge >= 0.3 is 0 Å². The van der Waals surface area contributed by atoms with E-state index in [1.807, 2.05) is 18.2 Å². The topological polar surface area (TPSA) is 67.6 Å². The second kappa shape index (κ2) is 7.43. The van der Waals surface area contributed by atoms with Gasteiger partial charge in [-0.3, -0.25) is 9.69 Å². The lowest BCUT2D eigenvalue weighted by molar-refractivity contribution is -0.122. The predicted octanol–water partition coefficient (Wildman–Crippen LogP) is 1.30. The summed E-state index contributed by atoms with van der Waals surface area (Å²) >= 11 is 0. The molecule has 21 heavy (non-hydrogen) atoms. The number of nitrogens with one attached hydrogen (secondary N) is 1. The van der Waals surface area contributed by atoms with E-state index in [0.29, 0.717) is 6.54 Å².